The molecule has 0 bridgehead atoms. The van der Waals surface area contributed by atoms with Crippen LogP contribution in [0.5, 0.6) is 0 Å². The molecule has 15 rings (SSSR count). The highest BCUT2D eigenvalue weighted by atomic mass is 32.1. The van der Waals surface area contributed by atoms with Crippen LogP contribution in [0, 0.1) is 0 Å². The van der Waals surface area contributed by atoms with Gasteiger partial charge in [-0.2, -0.15) is 0 Å². The standard InChI is InChI=1S/C64H36S3/c1-5-21-45-41(17-1)59(37-31-33-56-52(35-37)39-15-9-11-28-54(39)65-56)42-18-2-6-22-46(42)61(45)49-25-14-30-58-63(49)51-27-13-26-50(64(51)67-58)62-47-23-7-3-19-43(47)60(44-20-4-8-24-48(44)62)38-32-34-57-53(36-38)40-16-10-12-29-55(40)66-57/h1-36H. The number of hydrogen-bond donors (Lipinski definition) is 0. The molecule has 0 aliphatic heterocycles. The molecule has 0 aliphatic rings. The normalized spacial score (nSPS) is 12.2. The molecule has 0 N–H and O–H groups in total. The van der Waals surface area contributed by atoms with Crippen LogP contribution in [0.25, 0.3) is 148 Å². The van der Waals surface area contributed by atoms with E-state index in [2.05, 4.69) is 218 Å². The number of hydrogen-bond acceptors (Lipinski definition) is 3. The van der Waals surface area contributed by atoms with Crippen LogP contribution in [0.1, 0.15) is 0 Å². The third-order valence-electron chi connectivity index (χ3n) is 14.3. The van der Waals surface area contributed by atoms with Crippen LogP contribution in [-0.4, -0.2) is 0 Å². The zero-order valence-electron chi connectivity index (χ0n) is 36.0. The second-order valence-corrected chi connectivity index (χ2v) is 21.0. The summed E-state index contributed by atoms with van der Waals surface area (Å²) >= 11 is 5.68. The summed E-state index contributed by atoms with van der Waals surface area (Å²) in [5.41, 5.74) is 10.3. The summed E-state index contributed by atoms with van der Waals surface area (Å²) in [6.45, 7) is 0. The Bertz CT molecular complexity index is 4460. The van der Waals surface area contributed by atoms with Crippen molar-refractivity contribution in [2.24, 2.45) is 0 Å². The maximum absolute atomic E-state index is 2.43. The first-order valence-electron chi connectivity index (χ1n) is 22.9. The van der Waals surface area contributed by atoms with E-state index in [0.717, 1.165) is 0 Å². The van der Waals surface area contributed by atoms with E-state index in [1.165, 1.54) is 148 Å². The Morgan fingerprint density at radius 2 is 0.552 bits per heavy atom. The van der Waals surface area contributed by atoms with Crippen LogP contribution < -0.4 is 0 Å². The van der Waals surface area contributed by atoms with Gasteiger partial charge in [0, 0.05) is 66.1 Å². The molecule has 0 saturated heterocycles. The van der Waals surface area contributed by atoms with Gasteiger partial charge >= 0.3 is 0 Å². The third kappa shape index (κ3) is 5.45. The maximum Gasteiger partial charge on any atom is 0.0434 e. The number of thiophene rings is 3. The van der Waals surface area contributed by atoms with Crippen LogP contribution >= 0.6 is 34.0 Å². The van der Waals surface area contributed by atoms with Crippen LogP contribution in [0.4, 0.5) is 0 Å². The molecule has 67 heavy (non-hydrogen) atoms. The van der Waals surface area contributed by atoms with E-state index in [1.807, 2.05) is 34.0 Å². The molecule has 3 aromatic heterocycles. The Morgan fingerprint density at radius 1 is 0.209 bits per heavy atom. The largest absolute Gasteiger partial charge is 0.135 e. The highest BCUT2D eigenvalue weighted by Crippen LogP contribution is 2.52. The first kappa shape index (κ1) is 37.5. The van der Waals surface area contributed by atoms with Gasteiger partial charge in [0.25, 0.3) is 0 Å². The Balaban J connectivity index is 0.977. The summed E-state index contributed by atoms with van der Waals surface area (Å²) in [7, 11) is 0. The molecule has 0 spiro atoms. The van der Waals surface area contributed by atoms with Crippen LogP contribution in [0.2, 0.25) is 0 Å². The van der Waals surface area contributed by atoms with Gasteiger partial charge in [-0.25, -0.2) is 0 Å². The second kappa shape index (κ2) is 14.4. The number of fused-ring (bicyclic) bond motifs is 13. The van der Waals surface area contributed by atoms with E-state index in [-0.39, 0.29) is 0 Å². The maximum atomic E-state index is 2.43. The Morgan fingerprint density at radius 3 is 1.03 bits per heavy atom. The van der Waals surface area contributed by atoms with Crippen molar-refractivity contribution in [3.05, 3.63) is 218 Å². The molecule has 0 saturated carbocycles. The minimum absolute atomic E-state index is 1.25. The summed E-state index contributed by atoms with van der Waals surface area (Å²) in [5, 5.41) is 18.1. The van der Waals surface area contributed by atoms with Crippen molar-refractivity contribution in [3.8, 4) is 44.5 Å². The quantitative estimate of drug-likeness (QED) is 0.154. The van der Waals surface area contributed by atoms with E-state index in [9.17, 15) is 0 Å². The average molecular weight is 901 g/mol. The summed E-state index contributed by atoms with van der Waals surface area (Å²) in [4.78, 5) is 0. The van der Waals surface area contributed by atoms with Gasteiger partial charge < -0.3 is 0 Å². The van der Waals surface area contributed by atoms with Crippen molar-refractivity contribution in [2.45, 2.75) is 0 Å². The van der Waals surface area contributed by atoms with Crippen molar-refractivity contribution in [1.29, 1.82) is 0 Å². The lowest BCUT2D eigenvalue weighted by atomic mass is 9.84. The first-order valence-corrected chi connectivity index (χ1v) is 25.4. The SMILES string of the molecule is c1ccc2c(c1)sc1ccc(-c3c4ccccc4c(-c4cccc5c4sc4cccc(-c6c7ccccc7c(-c7ccc8sc9ccccc9c8c7)c7ccccc67)c45)c4ccccc34)cc12. The number of rotatable bonds is 4. The lowest BCUT2D eigenvalue weighted by Gasteiger charge is -2.19. The van der Waals surface area contributed by atoms with E-state index in [4.69, 9.17) is 0 Å². The smallest absolute Gasteiger partial charge is 0.0434 e. The van der Waals surface area contributed by atoms with E-state index in [1.54, 1.807) is 0 Å². The molecule has 15 aromatic rings. The molecule has 3 heterocycles. The van der Waals surface area contributed by atoms with Crippen molar-refractivity contribution < 1.29 is 0 Å². The molecular weight excluding hydrogens is 865 g/mol. The topological polar surface area (TPSA) is 0 Å². The summed E-state index contributed by atoms with van der Waals surface area (Å²) in [6.07, 6.45) is 0. The fraction of sp³-hybridized carbons (Fsp3) is 0. The first-order chi connectivity index (χ1) is 33.2. The van der Waals surface area contributed by atoms with Gasteiger partial charge in [0.2, 0.25) is 0 Å². The predicted octanol–water partition coefficient (Wildman–Crippen LogP) is 20.1. The third-order valence-corrected chi connectivity index (χ3v) is 17.8. The zero-order valence-corrected chi connectivity index (χ0v) is 38.5. The minimum Gasteiger partial charge on any atom is -0.135 e. The second-order valence-electron chi connectivity index (χ2n) is 17.8. The molecular formula is C64H36S3. The molecule has 12 aromatic carbocycles. The monoisotopic (exact) mass is 900 g/mol. The van der Waals surface area contributed by atoms with Crippen molar-refractivity contribution in [1.82, 2.24) is 0 Å². The predicted molar refractivity (Wildman–Crippen MR) is 297 cm³/mol. The average Bonchev–Trinajstić information content (AvgIpc) is 4.08. The summed E-state index contributed by atoms with van der Waals surface area (Å²) < 4.78 is 7.94. The number of benzene rings is 12. The minimum atomic E-state index is 1.25. The lowest BCUT2D eigenvalue weighted by Crippen LogP contribution is -1.91. The molecule has 0 amide bonds. The van der Waals surface area contributed by atoms with Gasteiger partial charge in [0.05, 0.1) is 0 Å². The van der Waals surface area contributed by atoms with Crippen LogP contribution in [0.15, 0.2) is 218 Å². The van der Waals surface area contributed by atoms with Gasteiger partial charge in [-0.05, 0) is 124 Å². The van der Waals surface area contributed by atoms with E-state index < -0.39 is 0 Å². The molecule has 0 nitrogen and oxygen atoms in total. The Hall–Kier alpha value is -7.66. The molecule has 0 radical (unpaired) electrons. The van der Waals surface area contributed by atoms with Gasteiger partial charge in [0.1, 0.15) is 0 Å². The van der Waals surface area contributed by atoms with Crippen molar-refractivity contribution in [3.63, 3.8) is 0 Å². The van der Waals surface area contributed by atoms with Gasteiger partial charge in [-0.15, -0.1) is 34.0 Å². The molecule has 0 unspecified atom stereocenters. The summed E-state index contributed by atoms with van der Waals surface area (Å²) in [6, 6.07) is 82.2. The molecule has 310 valence electrons. The molecule has 3 heteroatoms. The highest BCUT2D eigenvalue weighted by molar-refractivity contribution is 7.27. The highest BCUT2D eigenvalue weighted by Gasteiger charge is 2.23. The van der Waals surface area contributed by atoms with Gasteiger partial charge in [0.15, 0.2) is 0 Å². The summed E-state index contributed by atoms with van der Waals surface area (Å²) in [5.74, 6) is 0. The van der Waals surface area contributed by atoms with Crippen molar-refractivity contribution >= 4 is 138 Å². The Labute approximate surface area is 397 Å². The molecule has 0 fully saturated rings. The lowest BCUT2D eigenvalue weighted by molar-refractivity contribution is 1.70. The van der Waals surface area contributed by atoms with Gasteiger partial charge in [-0.3, -0.25) is 0 Å². The zero-order chi connectivity index (χ0) is 43.7. The van der Waals surface area contributed by atoms with Crippen LogP contribution in [0.3, 0.4) is 0 Å². The van der Waals surface area contributed by atoms with E-state index in [0.29, 0.717) is 0 Å². The fourth-order valence-electron chi connectivity index (χ4n) is 11.5. The molecule has 0 aliphatic carbocycles. The van der Waals surface area contributed by atoms with E-state index >= 15 is 0 Å². The Kier molecular flexibility index (Phi) is 8.08. The van der Waals surface area contributed by atoms with Crippen molar-refractivity contribution in [2.75, 3.05) is 0 Å². The molecule has 0 atom stereocenters. The van der Waals surface area contributed by atoms with Crippen LogP contribution in [-0.2, 0) is 0 Å². The fourth-order valence-corrected chi connectivity index (χ4v) is 14.9. The van der Waals surface area contributed by atoms with Gasteiger partial charge in [-0.1, -0.05) is 176 Å².